The molecule has 1 aromatic carbocycles. The largest absolute Gasteiger partial charge is 0.382 e. The third-order valence-corrected chi connectivity index (χ3v) is 6.33. The van der Waals surface area contributed by atoms with Crippen LogP contribution in [0.5, 0.6) is 5.75 Å². The summed E-state index contributed by atoms with van der Waals surface area (Å²) in [6.45, 7) is 3.13. The second-order valence-corrected chi connectivity index (χ2v) is 9.18. The van der Waals surface area contributed by atoms with E-state index in [2.05, 4.69) is 0 Å². The molecule has 27 heavy (non-hydrogen) atoms. The molecule has 2 heterocycles. The first-order chi connectivity index (χ1) is 13.0. The Bertz CT molecular complexity index is 858. The average Bonchev–Trinajstić information content (AvgIpc) is 3.34. The highest BCUT2D eigenvalue weighted by molar-refractivity contribution is 7.87. The molecule has 0 radical (unpaired) electrons. The van der Waals surface area contributed by atoms with Crippen molar-refractivity contribution < 1.29 is 22.1 Å². The highest BCUT2D eigenvalue weighted by Gasteiger charge is 2.24. The van der Waals surface area contributed by atoms with E-state index in [1.165, 1.54) is 18.3 Å². The number of carbonyl (C=O) groups excluding carboxylic acids is 1. The molecule has 2 aromatic rings. The van der Waals surface area contributed by atoms with E-state index in [-0.39, 0.29) is 23.5 Å². The van der Waals surface area contributed by atoms with Crippen molar-refractivity contribution in [2.75, 3.05) is 18.9 Å². The summed E-state index contributed by atoms with van der Waals surface area (Å²) in [6.07, 6.45) is 1.98. The summed E-state index contributed by atoms with van der Waals surface area (Å²) in [5.41, 5.74) is 0.807. The third kappa shape index (κ3) is 5.54. The number of thiophene rings is 1. The highest BCUT2D eigenvalue weighted by atomic mass is 32.2. The number of hydrogen-bond donors (Lipinski definition) is 0. The summed E-state index contributed by atoms with van der Waals surface area (Å²) in [7, 11) is -3.59. The molecule has 0 N–H and O–H groups in total. The van der Waals surface area contributed by atoms with Crippen LogP contribution in [0.15, 0.2) is 41.8 Å². The zero-order chi connectivity index (χ0) is 19.3. The maximum Gasteiger partial charge on any atom is 0.308 e. The van der Waals surface area contributed by atoms with Gasteiger partial charge in [-0.2, -0.15) is 8.42 Å². The lowest BCUT2D eigenvalue weighted by Crippen LogP contribution is -2.36. The van der Waals surface area contributed by atoms with Gasteiger partial charge in [0.25, 0.3) is 5.91 Å². The van der Waals surface area contributed by atoms with Crippen molar-refractivity contribution in [3.63, 3.8) is 0 Å². The molecule has 146 valence electrons. The number of carbonyl (C=O) groups is 1. The summed E-state index contributed by atoms with van der Waals surface area (Å²) in [5, 5.41) is 1.88. The Labute approximate surface area is 163 Å². The maximum atomic E-state index is 12.9. The fourth-order valence-electron chi connectivity index (χ4n) is 2.93. The van der Waals surface area contributed by atoms with Crippen molar-refractivity contribution >= 4 is 27.4 Å². The van der Waals surface area contributed by atoms with Crippen LogP contribution in [0.25, 0.3) is 0 Å². The van der Waals surface area contributed by atoms with E-state index in [9.17, 15) is 13.2 Å². The standard InChI is InChI=1S/C19H23NO5S2/c1-2-27(22,23)25-16-7-3-6-15(12-16)13-20(14-17-8-4-10-24-17)19(21)18-9-5-11-26-18/h3,5-7,9,11-12,17H,2,4,8,10,13-14H2,1H3/t17-/m1/s1. The number of ether oxygens (including phenoxy) is 1. The SMILES string of the molecule is CCS(=O)(=O)Oc1cccc(CN(C[C@H]2CCCO2)C(=O)c2cccs2)c1. The Morgan fingerprint density at radius 3 is 2.85 bits per heavy atom. The van der Waals surface area contributed by atoms with E-state index in [0.717, 1.165) is 25.0 Å². The predicted molar refractivity (Wildman–Crippen MR) is 105 cm³/mol. The molecule has 1 amide bonds. The van der Waals surface area contributed by atoms with Crippen LogP contribution in [0.2, 0.25) is 0 Å². The molecule has 1 aliphatic rings. The fourth-order valence-corrected chi connectivity index (χ4v) is 4.14. The molecule has 0 aliphatic carbocycles. The number of hydrogen-bond acceptors (Lipinski definition) is 6. The zero-order valence-electron chi connectivity index (χ0n) is 15.2. The highest BCUT2D eigenvalue weighted by Crippen LogP contribution is 2.21. The molecule has 0 bridgehead atoms. The van der Waals surface area contributed by atoms with Gasteiger partial charge in [-0.25, -0.2) is 0 Å². The van der Waals surface area contributed by atoms with Gasteiger partial charge in [0.2, 0.25) is 0 Å². The Balaban J connectivity index is 1.77. The van der Waals surface area contributed by atoms with E-state index >= 15 is 0 Å². The Morgan fingerprint density at radius 2 is 2.19 bits per heavy atom. The molecule has 1 fully saturated rings. The molecule has 1 aliphatic heterocycles. The Morgan fingerprint density at radius 1 is 1.33 bits per heavy atom. The molecule has 1 aromatic heterocycles. The summed E-state index contributed by atoms with van der Waals surface area (Å²) in [4.78, 5) is 15.3. The predicted octanol–water partition coefficient (Wildman–Crippen LogP) is 3.30. The lowest BCUT2D eigenvalue weighted by Gasteiger charge is -2.25. The van der Waals surface area contributed by atoms with Gasteiger partial charge in [-0.05, 0) is 48.9 Å². The topological polar surface area (TPSA) is 72.9 Å². The van der Waals surface area contributed by atoms with Crippen molar-refractivity contribution in [2.45, 2.75) is 32.4 Å². The molecule has 0 spiro atoms. The molecular formula is C19H23NO5S2. The fraction of sp³-hybridized carbons (Fsp3) is 0.421. The summed E-state index contributed by atoms with van der Waals surface area (Å²) < 4.78 is 34.2. The van der Waals surface area contributed by atoms with E-state index in [1.807, 2.05) is 23.6 Å². The molecule has 0 unspecified atom stereocenters. The van der Waals surface area contributed by atoms with E-state index in [0.29, 0.717) is 18.0 Å². The van der Waals surface area contributed by atoms with Crippen LogP contribution in [-0.4, -0.2) is 44.2 Å². The maximum absolute atomic E-state index is 12.9. The minimum absolute atomic E-state index is 0.0359. The number of amides is 1. The summed E-state index contributed by atoms with van der Waals surface area (Å²) in [6, 6.07) is 10.5. The van der Waals surface area contributed by atoms with Crippen molar-refractivity contribution in [2.24, 2.45) is 0 Å². The lowest BCUT2D eigenvalue weighted by molar-refractivity contribution is 0.0511. The Hall–Kier alpha value is -1.90. The Kier molecular flexibility index (Phi) is 6.51. The third-order valence-electron chi connectivity index (χ3n) is 4.32. The first kappa shape index (κ1) is 19.9. The van der Waals surface area contributed by atoms with E-state index in [4.69, 9.17) is 8.92 Å². The van der Waals surface area contributed by atoms with Gasteiger partial charge >= 0.3 is 10.1 Å². The molecule has 6 nitrogen and oxygen atoms in total. The van der Waals surface area contributed by atoms with Gasteiger partial charge < -0.3 is 13.8 Å². The molecule has 0 saturated carbocycles. The second kappa shape index (κ2) is 8.86. The number of benzene rings is 1. The van der Waals surface area contributed by atoms with Crippen LogP contribution in [0.1, 0.15) is 35.0 Å². The van der Waals surface area contributed by atoms with Crippen LogP contribution < -0.4 is 4.18 Å². The monoisotopic (exact) mass is 409 g/mol. The minimum atomic E-state index is -3.59. The van der Waals surface area contributed by atoms with Crippen molar-refractivity contribution in [1.82, 2.24) is 4.90 Å². The normalized spacial score (nSPS) is 17.0. The van der Waals surface area contributed by atoms with Crippen LogP contribution in [0.3, 0.4) is 0 Å². The number of nitrogens with zero attached hydrogens (tertiary/aromatic N) is 1. The average molecular weight is 410 g/mol. The van der Waals surface area contributed by atoms with Crippen LogP contribution in [0.4, 0.5) is 0 Å². The quantitative estimate of drug-likeness (QED) is 0.626. The zero-order valence-corrected chi connectivity index (χ0v) is 16.8. The molecule has 3 rings (SSSR count). The molecule has 1 saturated heterocycles. The van der Waals surface area contributed by atoms with Crippen molar-refractivity contribution in [3.05, 3.63) is 52.2 Å². The van der Waals surface area contributed by atoms with Gasteiger partial charge in [0, 0.05) is 19.7 Å². The summed E-state index contributed by atoms with van der Waals surface area (Å²) in [5.74, 6) is 0.113. The van der Waals surface area contributed by atoms with Crippen LogP contribution in [-0.2, 0) is 21.4 Å². The van der Waals surface area contributed by atoms with Crippen molar-refractivity contribution in [3.8, 4) is 5.75 Å². The van der Waals surface area contributed by atoms with E-state index in [1.54, 1.807) is 23.1 Å². The van der Waals surface area contributed by atoms with Gasteiger partial charge in [0.15, 0.2) is 0 Å². The minimum Gasteiger partial charge on any atom is -0.382 e. The smallest absolute Gasteiger partial charge is 0.308 e. The van der Waals surface area contributed by atoms with Gasteiger partial charge in [-0.15, -0.1) is 11.3 Å². The molecule has 1 atom stereocenters. The van der Waals surface area contributed by atoms with Gasteiger partial charge in [-0.3, -0.25) is 4.79 Å². The second-order valence-electron chi connectivity index (χ2n) is 6.38. The molecular weight excluding hydrogens is 386 g/mol. The van der Waals surface area contributed by atoms with Gasteiger partial charge in [-0.1, -0.05) is 18.2 Å². The number of rotatable bonds is 8. The van der Waals surface area contributed by atoms with Crippen molar-refractivity contribution in [1.29, 1.82) is 0 Å². The van der Waals surface area contributed by atoms with E-state index < -0.39 is 10.1 Å². The lowest BCUT2D eigenvalue weighted by atomic mass is 10.1. The summed E-state index contributed by atoms with van der Waals surface area (Å²) >= 11 is 1.41. The van der Waals surface area contributed by atoms with Crippen LogP contribution in [0, 0.1) is 0 Å². The first-order valence-electron chi connectivity index (χ1n) is 8.92. The van der Waals surface area contributed by atoms with Crippen LogP contribution >= 0.6 is 11.3 Å². The van der Waals surface area contributed by atoms with Gasteiger partial charge in [0.05, 0.1) is 16.7 Å². The van der Waals surface area contributed by atoms with Gasteiger partial charge in [0.1, 0.15) is 5.75 Å². The first-order valence-corrected chi connectivity index (χ1v) is 11.4. The molecule has 8 heteroatoms.